The molecule has 0 unspecified atom stereocenters. The molecule has 2 rings (SSSR count). The fourth-order valence-electron chi connectivity index (χ4n) is 1.77. The average Bonchev–Trinajstić information content (AvgIpc) is 2.43. The maximum atomic E-state index is 12.1. The normalized spacial score (nSPS) is 10.3. The number of hydrogen-bond donors (Lipinski definition) is 2. The molecule has 0 saturated heterocycles. The van der Waals surface area contributed by atoms with E-state index < -0.39 is 0 Å². The van der Waals surface area contributed by atoms with Gasteiger partial charge in [-0.15, -0.1) is 0 Å². The van der Waals surface area contributed by atoms with Gasteiger partial charge in [-0.25, -0.2) is 0 Å². The molecule has 0 heterocycles. The Labute approximate surface area is 134 Å². The molecule has 0 aromatic heterocycles. The van der Waals surface area contributed by atoms with E-state index in [1.807, 2.05) is 36.4 Å². The minimum absolute atomic E-state index is 0.0892. The first kappa shape index (κ1) is 15.1. The largest absolute Gasteiger partial charge is 0.399 e. The number of carbonyl (C=O) groups excluding carboxylic acids is 1. The number of nitrogen functional groups attached to an aromatic ring is 1. The maximum Gasteiger partial charge on any atom is 0.252 e. The third-order valence-corrected chi connectivity index (χ3v) is 4.04. The molecule has 0 fully saturated rings. The number of hydrogen-bond acceptors (Lipinski definition) is 2. The zero-order valence-corrected chi connectivity index (χ0v) is 13.9. The number of halogens is 2. The third-order valence-electron chi connectivity index (χ3n) is 2.85. The van der Waals surface area contributed by atoms with Crippen molar-refractivity contribution >= 4 is 43.5 Å². The van der Waals surface area contributed by atoms with Crippen molar-refractivity contribution in [1.82, 2.24) is 5.32 Å². The molecular weight excluding hydrogens is 384 g/mol. The van der Waals surface area contributed by atoms with Gasteiger partial charge in [-0.3, -0.25) is 4.79 Å². The third kappa shape index (κ3) is 4.08. The Morgan fingerprint density at radius 1 is 1.10 bits per heavy atom. The van der Waals surface area contributed by atoms with Crippen LogP contribution in [0.2, 0.25) is 0 Å². The van der Waals surface area contributed by atoms with Crippen LogP contribution >= 0.6 is 31.9 Å². The van der Waals surface area contributed by atoms with Crippen molar-refractivity contribution in [2.75, 3.05) is 12.3 Å². The number of anilines is 1. The molecule has 0 aliphatic rings. The van der Waals surface area contributed by atoms with Gasteiger partial charge in [-0.05, 0) is 58.2 Å². The molecule has 5 heteroatoms. The lowest BCUT2D eigenvalue weighted by molar-refractivity contribution is 0.0953. The quantitative estimate of drug-likeness (QED) is 0.771. The molecule has 0 atom stereocenters. The Morgan fingerprint density at radius 2 is 1.80 bits per heavy atom. The molecule has 104 valence electrons. The van der Waals surface area contributed by atoms with E-state index in [4.69, 9.17) is 5.73 Å². The number of nitrogens with two attached hydrogens (primary N) is 1. The molecule has 0 aliphatic heterocycles. The highest BCUT2D eigenvalue weighted by molar-refractivity contribution is 9.11. The molecule has 20 heavy (non-hydrogen) atoms. The Morgan fingerprint density at radius 3 is 2.50 bits per heavy atom. The molecule has 0 bridgehead atoms. The van der Waals surface area contributed by atoms with Gasteiger partial charge in [0.1, 0.15) is 0 Å². The lowest BCUT2D eigenvalue weighted by Crippen LogP contribution is -2.26. The Kier molecular flexibility index (Phi) is 5.20. The van der Waals surface area contributed by atoms with Crippen LogP contribution in [0.15, 0.2) is 51.4 Å². The molecule has 3 nitrogen and oxygen atoms in total. The summed E-state index contributed by atoms with van der Waals surface area (Å²) in [6.45, 7) is 0.585. The SMILES string of the molecule is Nc1ccc(CCNC(=O)c2cc(Br)ccc2Br)cc1. The fraction of sp³-hybridized carbons (Fsp3) is 0.133. The first-order valence-electron chi connectivity index (χ1n) is 6.14. The monoisotopic (exact) mass is 396 g/mol. The van der Waals surface area contributed by atoms with E-state index in [-0.39, 0.29) is 5.91 Å². The second-order valence-electron chi connectivity index (χ2n) is 4.37. The van der Waals surface area contributed by atoms with Crippen LogP contribution in [0.4, 0.5) is 5.69 Å². The van der Waals surface area contributed by atoms with Crippen LogP contribution in [-0.2, 0) is 6.42 Å². The summed E-state index contributed by atoms with van der Waals surface area (Å²) in [5, 5.41) is 2.91. The number of nitrogens with one attached hydrogen (secondary N) is 1. The summed E-state index contributed by atoms with van der Waals surface area (Å²) < 4.78 is 1.66. The fourth-order valence-corrected chi connectivity index (χ4v) is 2.56. The number of carbonyl (C=O) groups is 1. The second kappa shape index (κ2) is 6.90. The molecular formula is C15H14Br2N2O. The van der Waals surface area contributed by atoms with Crippen molar-refractivity contribution in [3.05, 3.63) is 62.5 Å². The van der Waals surface area contributed by atoms with Gasteiger partial charge >= 0.3 is 0 Å². The van der Waals surface area contributed by atoms with Crippen LogP contribution in [0.3, 0.4) is 0 Å². The standard InChI is InChI=1S/C15H14Br2N2O/c16-11-3-6-14(17)13(9-11)15(20)19-8-7-10-1-4-12(18)5-2-10/h1-6,9H,7-8,18H2,(H,19,20). The van der Waals surface area contributed by atoms with Crippen LogP contribution in [0.5, 0.6) is 0 Å². The highest BCUT2D eigenvalue weighted by Gasteiger charge is 2.09. The molecule has 0 spiro atoms. The van der Waals surface area contributed by atoms with E-state index >= 15 is 0 Å². The van der Waals surface area contributed by atoms with E-state index in [0.717, 1.165) is 26.6 Å². The van der Waals surface area contributed by atoms with Crippen molar-refractivity contribution in [3.63, 3.8) is 0 Å². The van der Waals surface area contributed by atoms with Crippen molar-refractivity contribution in [1.29, 1.82) is 0 Å². The molecule has 0 aliphatic carbocycles. The van der Waals surface area contributed by atoms with E-state index in [9.17, 15) is 4.79 Å². The summed E-state index contributed by atoms with van der Waals surface area (Å²) in [5.41, 5.74) is 8.15. The predicted octanol–water partition coefficient (Wildman–Crippen LogP) is 3.77. The van der Waals surface area contributed by atoms with Gasteiger partial charge in [0.2, 0.25) is 0 Å². The summed E-state index contributed by atoms with van der Waals surface area (Å²) in [6, 6.07) is 13.2. The van der Waals surface area contributed by atoms with Gasteiger partial charge in [-0.2, -0.15) is 0 Å². The number of amides is 1. The van der Waals surface area contributed by atoms with E-state index in [1.165, 1.54) is 0 Å². The molecule has 0 saturated carbocycles. The zero-order valence-electron chi connectivity index (χ0n) is 10.7. The van der Waals surface area contributed by atoms with E-state index in [2.05, 4.69) is 37.2 Å². The topological polar surface area (TPSA) is 55.1 Å². The van der Waals surface area contributed by atoms with Crippen molar-refractivity contribution < 1.29 is 4.79 Å². The molecule has 2 aromatic carbocycles. The summed E-state index contributed by atoms with van der Waals surface area (Å²) in [6.07, 6.45) is 0.775. The van der Waals surface area contributed by atoms with Crippen LogP contribution in [0, 0.1) is 0 Å². The van der Waals surface area contributed by atoms with Gasteiger partial charge < -0.3 is 11.1 Å². The molecule has 2 aromatic rings. The molecule has 3 N–H and O–H groups in total. The first-order valence-corrected chi connectivity index (χ1v) is 7.72. The summed E-state index contributed by atoms with van der Waals surface area (Å²) in [4.78, 5) is 12.1. The van der Waals surface area contributed by atoms with Crippen LogP contribution in [0.1, 0.15) is 15.9 Å². The Bertz CT molecular complexity index is 612. The van der Waals surface area contributed by atoms with E-state index in [1.54, 1.807) is 6.07 Å². The minimum atomic E-state index is -0.0892. The van der Waals surface area contributed by atoms with Crippen LogP contribution in [0.25, 0.3) is 0 Å². The number of benzene rings is 2. The van der Waals surface area contributed by atoms with Gasteiger partial charge in [-0.1, -0.05) is 28.1 Å². The summed E-state index contributed by atoms with van der Waals surface area (Å²) in [5.74, 6) is -0.0892. The zero-order chi connectivity index (χ0) is 14.5. The van der Waals surface area contributed by atoms with Crippen molar-refractivity contribution in [2.45, 2.75) is 6.42 Å². The lowest BCUT2D eigenvalue weighted by atomic mass is 10.1. The highest BCUT2D eigenvalue weighted by Crippen LogP contribution is 2.21. The Balaban J connectivity index is 1.92. The van der Waals surface area contributed by atoms with Crippen LogP contribution < -0.4 is 11.1 Å². The average molecular weight is 398 g/mol. The van der Waals surface area contributed by atoms with Gasteiger partial charge in [0.25, 0.3) is 5.91 Å². The first-order chi connectivity index (χ1) is 9.56. The van der Waals surface area contributed by atoms with Gasteiger partial charge in [0.05, 0.1) is 5.56 Å². The van der Waals surface area contributed by atoms with E-state index in [0.29, 0.717) is 12.1 Å². The van der Waals surface area contributed by atoms with Gasteiger partial charge in [0.15, 0.2) is 0 Å². The molecule has 1 amide bonds. The number of rotatable bonds is 4. The summed E-state index contributed by atoms with van der Waals surface area (Å²) in [7, 11) is 0. The summed E-state index contributed by atoms with van der Waals surface area (Å²) >= 11 is 6.74. The smallest absolute Gasteiger partial charge is 0.252 e. The second-order valence-corrected chi connectivity index (χ2v) is 6.14. The Hall–Kier alpha value is -1.33. The molecule has 0 radical (unpaired) electrons. The van der Waals surface area contributed by atoms with Gasteiger partial charge in [0, 0.05) is 21.2 Å². The highest BCUT2D eigenvalue weighted by atomic mass is 79.9. The van der Waals surface area contributed by atoms with Crippen LogP contribution in [-0.4, -0.2) is 12.5 Å². The maximum absolute atomic E-state index is 12.1. The lowest BCUT2D eigenvalue weighted by Gasteiger charge is -2.07. The predicted molar refractivity (Wildman–Crippen MR) is 88.7 cm³/mol. The minimum Gasteiger partial charge on any atom is -0.399 e. The van der Waals surface area contributed by atoms with Crippen molar-refractivity contribution in [3.8, 4) is 0 Å². The van der Waals surface area contributed by atoms with Crippen molar-refractivity contribution in [2.24, 2.45) is 0 Å².